The van der Waals surface area contributed by atoms with Crippen LogP contribution in [0.5, 0.6) is 0 Å². The fourth-order valence-corrected chi connectivity index (χ4v) is 0.287. The van der Waals surface area contributed by atoms with Crippen LogP contribution in [0.1, 0.15) is 6.42 Å². The maximum Gasteiger partial charge on any atom is 0.0349 e. The first-order chi connectivity index (χ1) is 3.72. The van der Waals surface area contributed by atoms with Gasteiger partial charge in [0.1, 0.15) is 0 Å². The largest absolute Gasteiger partial charge is 0.397 e. The molecule has 2 nitrogen and oxygen atoms in total. The summed E-state index contributed by atoms with van der Waals surface area (Å²) in [7, 11) is 0. The van der Waals surface area contributed by atoms with Crippen molar-refractivity contribution < 1.29 is 37.8 Å². The van der Waals surface area contributed by atoms with E-state index >= 15 is 0 Å². The minimum Gasteiger partial charge on any atom is -0.397 e. The molecule has 0 amide bonds. The molecule has 0 unspecified atom stereocenters. The molecule has 0 aromatic heterocycles. The van der Waals surface area contributed by atoms with E-state index in [1.807, 2.05) is 6.07 Å². The van der Waals surface area contributed by atoms with Crippen molar-refractivity contribution in [3.8, 4) is 6.07 Å². The first kappa shape index (κ1) is 12.3. The first-order valence-electron chi connectivity index (χ1n) is 2.42. The van der Waals surface area contributed by atoms with Crippen LogP contribution in [0.25, 0.3) is 0 Å². The van der Waals surface area contributed by atoms with E-state index in [-0.39, 0.29) is 32.7 Å². The summed E-state index contributed by atoms with van der Waals surface area (Å²) >= 11 is 0. The Morgan fingerprint density at radius 3 is 2.22 bits per heavy atom. The van der Waals surface area contributed by atoms with Gasteiger partial charge < -0.3 is 19.0 Å². The van der Waals surface area contributed by atoms with Crippen LogP contribution in [0.2, 0.25) is 0 Å². The molecule has 0 bridgehead atoms. The van der Waals surface area contributed by atoms with Crippen molar-refractivity contribution in [1.82, 2.24) is 0 Å². The number of rotatable bonds is 2. The van der Waals surface area contributed by atoms with E-state index in [1.165, 1.54) is 0 Å². The van der Waals surface area contributed by atoms with Gasteiger partial charge in [-0.1, -0.05) is 5.92 Å². The first-order valence-corrected chi connectivity index (χ1v) is 2.42. The second kappa shape index (κ2) is 6.67. The van der Waals surface area contributed by atoms with Gasteiger partial charge in [-0.2, -0.15) is 6.42 Å². The third kappa shape index (κ3) is 5.02. The van der Waals surface area contributed by atoms with Gasteiger partial charge in [0.05, 0.1) is 0 Å². The predicted octanol–water partition coefficient (Wildman–Crippen LogP) is 0.543. The number of hydrogen-bond acceptors (Lipinski definition) is 2. The average molecular weight is 200 g/mol. The molecule has 49 valence electrons. The molecule has 0 aliphatic rings. The summed E-state index contributed by atoms with van der Waals surface area (Å²) < 4.78 is 0. The maximum atomic E-state index is 8.78. The molecule has 0 heterocycles. The van der Waals surface area contributed by atoms with Crippen molar-refractivity contribution in [3.05, 3.63) is 13.8 Å². The van der Waals surface area contributed by atoms with Crippen molar-refractivity contribution in [2.45, 2.75) is 12.5 Å². The van der Waals surface area contributed by atoms with E-state index in [0.717, 1.165) is 0 Å². The van der Waals surface area contributed by atoms with E-state index < -0.39 is 12.0 Å². The van der Waals surface area contributed by atoms with Crippen LogP contribution in [-0.4, -0.2) is 11.2 Å². The zero-order valence-corrected chi connectivity index (χ0v) is 8.09. The molecule has 0 aromatic carbocycles. The number of nitrogens with zero attached hydrogens (tertiary/aromatic N) is 1. The molecule has 3 heteroatoms. The van der Waals surface area contributed by atoms with Gasteiger partial charge in [0.15, 0.2) is 0 Å². The minimum atomic E-state index is -0.667. The third-order valence-corrected chi connectivity index (χ3v) is 0.926. The van der Waals surface area contributed by atoms with Gasteiger partial charge >= 0.3 is 0 Å². The molecule has 1 N–H and O–H groups in total. The molecule has 0 rings (SSSR count). The van der Waals surface area contributed by atoms with Crippen LogP contribution >= 0.6 is 0 Å². The zero-order valence-electron chi connectivity index (χ0n) is 5.25. The molecule has 0 spiro atoms. The van der Waals surface area contributed by atoms with E-state index in [4.69, 9.17) is 10.4 Å². The molecule has 0 saturated carbocycles. The minimum absolute atomic E-state index is 0. The van der Waals surface area contributed by atoms with Gasteiger partial charge in [-0.15, -0.1) is 0 Å². The topological polar surface area (TPSA) is 44.0 Å². The molecule has 0 saturated heterocycles. The Balaban J connectivity index is 0. The van der Waals surface area contributed by atoms with Crippen molar-refractivity contribution in [2.24, 2.45) is 5.92 Å². The van der Waals surface area contributed by atoms with Crippen LogP contribution in [-0.2, 0) is 32.7 Å². The normalized spacial score (nSPS) is 14.9. The standard InChI is InChI=1S/C6H9NO.Y/c1-3-6(8)5(2)4-7;/h5-6,8H,1-3H2;/q-2;/t5-,6+;/m1./s1. The van der Waals surface area contributed by atoms with Gasteiger partial charge in [0.25, 0.3) is 0 Å². The SMILES string of the molecule is [CH2-]C[C@H](O)[C@H]([CH2-])C#N.[Y]. The Morgan fingerprint density at radius 1 is 1.67 bits per heavy atom. The van der Waals surface area contributed by atoms with Crippen LogP contribution in [0, 0.1) is 31.1 Å². The molecule has 9 heavy (non-hydrogen) atoms. The van der Waals surface area contributed by atoms with E-state index in [1.54, 1.807) is 0 Å². The quantitative estimate of drug-likeness (QED) is 0.661. The van der Waals surface area contributed by atoms with Gasteiger partial charge in [-0.3, -0.25) is 0 Å². The predicted molar refractivity (Wildman–Crippen MR) is 30.4 cm³/mol. The van der Waals surface area contributed by atoms with Crippen molar-refractivity contribution in [2.75, 3.05) is 0 Å². The summed E-state index contributed by atoms with van der Waals surface area (Å²) in [5.74, 6) is -0.535. The molecule has 2 atom stereocenters. The van der Waals surface area contributed by atoms with Crippen LogP contribution in [0.15, 0.2) is 0 Å². The van der Waals surface area contributed by atoms with E-state index in [0.29, 0.717) is 6.42 Å². The summed E-state index contributed by atoms with van der Waals surface area (Å²) in [5, 5.41) is 16.9. The zero-order chi connectivity index (χ0) is 6.57. The third-order valence-electron chi connectivity index (χ3n) is 0.926. The van der Waals surface area contributed by atoms with E-state index in [9.17, 15) is 0 Å². The summed E-state index contributed by atoms with van der Waals surface area (Å²) in [6.07, 6.45) is -0.318. The Labute approximate surface area is 81.1 Å². The average Bonchev–Trinajstić information content (AvgIpc) is 1.84. The molecule has 1 radical (unpaired) electrons. The van der Waals surface area contributed by atoms with Crippen molar-refractivity contribution in [3.63, 3.8) is 0 Å². The second-order valence-electron chi connectivity index (χ2n) is 1.59. The Kier molecular flexibility index (Phi) is 9.08. The summed E-state index contributed by atoms with van der Waals surface area (Å²) in [4.78, 5) is 0. The summed E-state index contributed by atoms with van der Waals surface area (Å²) in [6.45, 7) is 6.79. The number of aliphatic hydroxyl groups is 1. The van der Waals surface area contributed by atoms with Gasteiger partial charge in [0.2, 0.25) is 0 Å². The fraction of sp³-hybridized carbons (Fsp3) is 0.500. The number of hydrogen-bond donors (Lipinski definition) is 1. The molecule has 0 aliphatic heterocycles. The van der Waals surface area contributed by atoms with Crippen molar-refractivity contribution >= 4 is 0 Å². The van der Waals surface area contributed by atoms with Gasteiger partial charge in [0, 0.05) is 44.9 Å². The second-order valence-corrected chi connectivity index (χ2v) is 1.59. The summed E-state index contributed by atoms with van der Waals surface area (Å²) in [6, 6.07) is 1.81. The van der Waals surface area contributed by atoms with Crippen LogP contribution < -0.4 is 0 Å². The monoisotopic (exact) mass is 200 g/mol. The van der Waals surface area contributed by atoms with E-state index in [2.05, 4.69) is 13.8 Å². The molecule has 0 fully saturated rings. The van der Waals surface area contributed by atoms with Crippen LogP contribution in [0.3, 0.4) is 0 Å². The number of aliphatic hydroxyl groups excluding tert-OH is 1. The maximum absolute atomic E-state index is 8.78. The van der Waals surface area contributed by atoms with Gasteiger partial charge in [-0.25, -0.2) is 5.26 Å². The fourth-order valence-electron chi connectivity index (χ4n) is 0.287. The van der Waals surface area contributed by atoms with Crippen molar-refractivity contribution in [1.29, 1.82) is 5.26 Å². The molecule has 0 aliphatic carbocycles. The molecule has 0 aromatic rings. The Bertz CT molecular complexity index is 99.7. The Morgan fingerprint density at radius 2 is 2.11 bits per heavy atom. The van der Waals surface area contributed by atoms with Crippen LogP contribution in [0.4, 0.5) is 0 Å². The van der Waals surface area contributed by atoms with Gasteiger partial charge in [-0.05, 0) is 0 Å². The number of nitriles is 1. The Hall–Kier alpha value is 0.554. The molecular formula is C6H9NOY-2. The summed E-state index contributed by atoms with van der Waals surface area (Å²) in [5.41, 5.74) is 0. The smallest absolute Gasteiger partial charge is 0.0349 e. The molecular weight excluding hydrogens is 191 g/mol.